The van der Waals surface area contributed by atoms with Gasteiger partial charge in [0.15, 0.2) is 0 Å². The van der Waals surface area contributed by atoms with Gasteiger partial charge in [0.25, 0.3) is 11.1 Å². The number of nitrogens with zero attached hydrogens (tertiary/aromatic N) is 2. The summed E-state index contributed by atoms with van der Waals surface area (Å²) in [5.74, 6) is 0. The van der Waals surface area contributed by atoms with Crippen molar-refractivity contribution in [3.05, 3.63) is 140 Å². The molecule has 0 fully saturated rings. The molecule has 0 N–H and O–H groups in total. The number of fused-ring (bicyclic) bond motifs is 6. The van der Waals surface area contributed by atoms with Crippen LogP contribution in [-0.4, -0.2) is 9.97 Å². The highest BCUT2D eigenvalue weighted by Gasteiger charge is 2.22. The summed E-state index contributed by atoms with van der Waals surface area (Å²) < 4.78 is 0. The van der Waals surface area contributed by atoms with E-state index < -0.39 is 11.1 Å². The Bertz CT molecular complexity index is 2230. The van der Waals surface area contributed by atoms with Crippen molar-refractivity contribution in [2.45, 2.75) is 0 Å². The second-order valence-corrected chi connectivity index (χ2v) is 9.66. The molecule has 6 aromatic rings. The lowest BCUT2D eigenvalue weighted by Gasteiger charge is -2.09. The minimum absolute atomic E-state index is 0.294. The van der Waals surface area contributed by atoms with E-state index in [2.05, 4.69) is 34.2 Å². The maximum atomic E-state index is 13.5. The molecule has 38 heavy (non-hydrogen) atoms. The Morgan fingerprint density at radius 2 is 0.737 bits per heavy atom. The van der Waals surface area contributed by atoms with Gasteiger partial charge in [0.2, 0.25) is 0 Å². The summed E-state index contributed by atoms with van der Waals surface area (Å²) in [6, 6.07) is 36.4. The van der Waals surface area contributed by atoms with E-state index in [1.54, 1.807) is 0 Å². The maximum Gasteiger partial charge on any atom is 0.280 e. The average molecular weight is 487 g/mol. The van der Waals surface area contributed by atoms with Crippen molar-refractivity contribution in [2.24, 2.45) is 0 Å². The van der Waals surface area contributed by atoms with Crippen molar-refractivity contribution in [1.82, 2.24) is 9.97 Å². The summed E-state index contributed by atoms with van der Waals surface area (Å²) in [5.41, 5.74) is 1.50. The van der Waals surface area contributed by atoms with Crippen molar-refractivity contribution in [3.63, 3.8) is 0 Å². The smallest absolute Gasteiger partial charge is 0.267 e. The normalized spacial score (nSPS) is 11.9. The van der Waals surface area contributed by atoms with E-state index >= 15 is 0 Å². The molecule has 6 aromatic carbocycles. The van der Waals surface area contributed by atoms with Gasteiger partial charge in [-0.05, 0) is 55.2 Å². The Labute approximate surface area is 215 Å². The first-order valence-corrected chi connectivity index (χ1v) is 12.5. The second-order valence-electron chi connectivity index (χ2n) is 9.66. The van der Waals surface area contributed by atoms with Crippen LogP contribution in [0.3, 0.4) is 0 Å². The van der Waals surface area contributed by atoms with Gasteiger partial charge < -0.3 is 0 Å². The Kier molecular flexibility index (Phi) is 4.21. The van der Waals surface area contributed by atoms with Crippen LogP contribution in [0.1, 0.15) is 0 Å². The molecule has 176 valence electrons. The third kappa shape index (κ3) is 2.80. The number of benzene rings is 6. The van der Waals surface area contributed by atoms with E-state index in [0.29, 0.717) is 21.8 Å². The van der Waals surface area contributed by atoms with Crippen molar-refractivity contribution in [3.8, 4) is 22.5 Å². The fourth-order valence-corrected chi connectivity index (χ4v) is 5.97. The third-order valence-electron chi connectivity index (χ3n) is 7.62. The van der Waals surface area contributed by atoms with Gasteiger partial charge in [0, 0.05) is 11.1 Å². The quantitative estimate of drug-likeness (QED) is 0.254. The molecule has 4 nitrogen and oxygen atoms in total. The second kappa shape index (κ2) is 7.64. The van der Waals surface area contributed by atoms with Gasteiger partial charge >= 0.3 is 0 Å². The number of hydrogen-bond donors (Lipinski definition) is 0. The average Bonchev–Trinajstić information content (AvgIpc) is 3.49. The van der Waals surface area contributed by atoms with Crippen molar-refractivity contribution >= 4 is 43.1 Å². The van der Waals surface area contributed by atoms with E-state index in [1.807, 2.05) is 84.9 Å². The van der Waals surface area contributed by atoms with Crippen LogP contribution in [0.15, 0.2) is 119 Å². The Morgan fingerprint density at radius 1 is 0.395 bits per heavy atom. The third-order valence-corrected chi connectivity index (χ3v) is 7.62. The summed E-state index contributed by atoms with van der Waals surface area (Å²) in [5, 5.41) is 8.87. The van der Waals surface area contributed by atoms with E-state index in [0.717, 1.165) is 54.2 Å². The van der Waals surface area contributed by atoms with Crippen LogP contribution in [-0.2, 0) is 0 Å². The number of aromatic nitrogens is 2. The molecule has 8 rings (SSSR count). The molecule has 0 aliphatic carbocycles. The van der Waals surface area contributed by atoms with Crippen molar-refractivity contribution in [2.75, 3.05) is 0 Å². The summed E-state index contributed by atoms with van der Waals surface area (Å²) in [6.07, 6.45) is 0. The predicted molar refractivity (Wildman–Crippen MR) is 153 cm³/mol. The molecule has 0 amide bonds. The van der Waals surface area contributed by atoms with Gasteiger partial charge in [-0.15, -0.1) is 0 Å². The number of rotatable bonds is 2. The summed E-state index contributed by atoms with van der Waals surface area (Å²) in [7, 11) is 0. The minimum Gasteiger partial charge on any atom is -0.267 e. The Balaban J connectivity index is 1.51. The molecule has 0 saturated carbocycles. The van der Waals surface area contributed by atoms with Gasteiger partial charge in [-0.2, -0.15) is 0 Å². The molecule has 2 heterocycles. The van der Waals surface area contributed by atoms with Crippen LogP contribution in [0.5, 0.6) is 0 Å². The monoisotopic (exact) mass is 486 g/mol. The summed E-state index contributed by atoms with van der Waals surface area (Å²) >= 11 is 0. The summed E-state index contributed by atoms with van der Waals surface area (Å²) in [4.78, 5) is 35.9. The fourth-order valence-electron chi connectivity index (χ4n) is 5.97. The zero-order chi connectivity index (χ0) is 25.4. The first-order valence-electron chi connectivity index (χ1n) is 12.5. The molecular weight excluding hydrogens is 468 g/mol. The lowest BCUT2D eigenvalue weighted by Crippen LogP contribution is -2.05. The molecule has 4 heteroatoms. The molecule has 0 unspecified atom stereocenters. The lowest BCUT2D eigenvalue weighted by molar-refractivity contribution is 1.24. The van der Waals surface area contributed by atoms with E-state index in [4.69, 9.17) is 0 Å². The van der Waals surface area contributed by atoms with E-state index in [-0.39, 0.29) is 0 Å². The van der Waals surface area contributed by atoms with E-state index in [9.17, 15) is 9.59 Å². The Morgan fingerprint density at radius 3 is 1.16 bits per heavy atom. The molecule has 0 saturated heterocycles. The van der Waals surface area contributed by atoms with Crippen LogP contribution in [0.25, 0.3) is 65.6 Å². The first kappa shape index (κ1) is 20.9. The van der Waals surface area contributed by atoms with Crippen molar-refractivity contribution < 1.29 is 0 Å². The highest BCUT2D eigenvalue weighted by molar-refractivity contribution is 6.14. The van der Waals surface area contributed by atoms with Crippen LogP contribution < -0.4 is 11.1 Å². The largest absolute Gasteiger partial charge is 0.280 e. The van der Waals surface area contributed by atoms with Gasteiger partial charge in [-0.3, -0.25) is 9.59 Å². The first-order chi connectivity index (χ1) is 18.7. The molecule has 2 aliphatic rings. The molecule has 0 bridgehead atoms. The molecule has 0 spiro atoms. The van der Waals surface area contributed by atoms with Crippen LogP contribution in [0.2, 0.25) is 0 Å². The lowest BCUT2D eigenvalue weighted by atomic mass is 9.94. The van der Waals surface area contributed by atoms with Crippen LogP contribution in [0, 0.1) is 10.4 Å². The Hall–Kier alpha value is -5.22. The topological polar surface area (TPSA) is 59.9 Å². The SMILES string of the molecule is O=c1nc(-c2cc3ccccc3c3ccccc23)c2c(=O)nc(-c3cc4ccccc4c4ccccc34)c1=2. The van der Waals surface area contributed by atoms with Gasteiger partial charge in [-0.1, -0.05) is 97.1 Å². The molecule has 0 aromatic heterocycles. The standard InChI is InChI=1S/C34H18N2O2/c37-33-29-30(32(36-33)28-18-20-10-2-4-12-22(20)24-14-6-8-16-26(24)28)34(38)35-31(29)27-17-19-9-1-3-11-21(19)23-13-5-7-15-25(23)27/h1-18H. The van der Waals surface area contributed by atoms with Gasteiger partial charge in [-0.25, -0.2) is 9.97 Å². The highest BCUT2D eigenvalue weighted by Crippen LogP contribution is 2.37. The van der Waals surface area contributed by atoms with Gasteiger partial charge in [0.05, 0.1) is 21.8 Å². The van der Waals surface area contributed by atoms with Crippen LogP contribution >= 0.6 is 0 Å². The zero-order valence-corrected chi connectivity index (χ0v) is 20.1. The molecule has 0 radical (unpaired) electrons. The minimum atomic E-state index is -0.422. The van der Waals surface area contributed by atoms with Crippen molar-refractivity contribution in [1.29, 1.82) is 0 Å². The molecule has 0 atom stereocenters. The van der Waals surface area contributed by atoms with E-state index in [1.165, 1.54) is 0 Å². The highest BCUT2D eigenvalue weighted by atomic mass is 16.1. The van der Waals surface area contributed by atoms with Crippen LogP contribution in [0.4, 0.5) is 0 Å². The maximum absolute atomic E-state index is 13.5. The van der Waals surface area contributed by atoms with Gasteiger partial charge in [0.1, 0.15) is 0 Å². The molecule has 2 aliphatic heterocycles. The zero-order valence-electron chi connectivity index (χ0n) is 20.1. The summed E-state index contributed by atoms with van der Waals surface area (Å²) in [6.45, 7) is 0. The predicted octanol–water partition coefficient (Wildman–Crippen LogP) is 6.74. The number of hydrogen-bond acceptors (Lipinski definition) is 4. The molecular formula is C34H18N2O2. The fraction of sp³-hybridized carbons (Fsp3) is 0.